The van der Waals surface area contributed by atoms with Crippen molar-refractivity contribution in [1.82, 2.24) is 0 Å². The molecule has 0 radical (unpaired) electrons. The van der Waals surface area contributed by atoms with Gasteiger partial charge in [-0.05, 0) is 0 Å². The zero-order valence-electron chi connectivity index (χ0n) is 10.8. The van der Waals surface area contributed by atoms with Gasteiger partial charge in [-0.3, -0.25) is 0 Å². The molecule has 0 aliphatic carbocycles. The van der Waals surface area contributed by atoms with E-state index in [-0.39, 0.29) is 6.10 Å². The van der Waals surface area contributed by atoms with E-state index in [1.807, 2.05) is 30.3 Å². The molecule has 1 atom stereocenters. The van der Waals surface area contributed by atoms with Crippen LogP contribution in [0.2, 0.25) is 5.32 Å². The van der Waals surface area contributed by atoms with Crippen LogP contribution in [0.25, 0.3) is 0 Å². The van der Waals surface area contributed by atoms with Crippen molar-refractivity contribution in [1.29, 1.82) is 0 Å². The fourth-order valence-electron chi connectivity index (χ4n) is 1.96. The maximum atomic E-state index is 10.1. The number of aliphatic hydroxyl groups is 1. The average molecular weight is 305 g/mol. The summed E-state index contributed by atoms with van der Waals surface area (Å²) in [4.78, 5) is 0. The third-order valence-electron chi connectivity index (χ3n) is 2.79. The molecule has 0 saturated heterocycles. The molecular weight excluding hydrogens is 287 g/mol. The molecule has 0 amide bonds. The van der Waals surface area contributed by atoms with Crippen molar-refractivity contribution in [2.45, 2.75) is 25.3 Å². The SMILES string of the molecule is Cc1cc(C)cc([Se]CC(O)c2ccccc2)c1. The van der Waals surface area contributed by atoms with Crippen molar-refractivity contribution in [2.75, 3.05) is 0 Å². The van der Waals surface area contributed by atoms with Gasteiger partial charge in [-0.2, -0.15) is 0 Å². The zero-order valence-corrected chi connectivity index (χ0v) is 12.5. The number of aliphatic hydroxyl groups excluding tert-OH is 1. The molecule has 1 nitrogen and oxygen atoms in total. The average Bonchev–Trinajstić information content (AvgIpc) is 2.36. The van der Waals surface area contributed by atoms with Crippen molar-refractivity contribution >= 4 is 19.4 Å². The van der Waals surface area contributed by atoms with E-state index >= 15 is 0 Å². The van der Waals surface area contributed by atoms with Gasteiger partial charge in [0.05, 0.1) is 0 Å². The fourth-order valence-corrected chi connectivity index (χ4v) is 4.23. The second-order valence-electron chi connectivity index (χ2n) is 4.56. The molecule has 0 aliphatic heterocycles. The van der Waals surface area contributed by atoms with Crippen molar-refractivity contribution in [3.05, 3.63) is 65.2 Å². The normalized spacial score (nSPS) is 12.4. The van der Waals surface area contributed by atoms with Gasteiger partial charge in [0, 0.05) is 0 Å². The Labute approximate surface area is 115 Å². The van der Waals surface area contributed by atoms with Crippen LogP contribution in [0.3, 0.4) is 0 Å². The third-order valence-corrected chi connectivity index (χ3v) is 4.99. The van der Waals surface area contributed by atoms with E-state index in [0.29, 0.717) is 15.0 Å². The molecule has 0 aliphatic rings. The van der Waals surface area contributed by atoms with Crippen LogP contribution < -0.4 is 4.46 Å². The summed E-state index contributed by atoms with van der Waals surface area (Å²) in [6, 6.07) is 16.5. The van der Waals surface area contributed by atoms with E-state index in [1.165, 1.54) is 15.6 Å². The number of rotatable bonds is 4. The molecule has 2 aromatic carbocycles. The summed E-state index contributed by atoms with van der Waals surface area (Å²) in [5.74, 6) is 0. The summed E-state index contributed by atoms with van der Waals surface area (Å²) < 4.78 is 1.37. The topological polar surface area (TPSA) is 20.2 Å². The molecular formula is C16H18OSe. The third kappa shape index (κ3) is 3.71. The van der Waals surface area contributed by atoms with Crippen LogP contribution in [0.5, 0.6) is 0 Å². The van der Waals surface area contributed by atoms with Gasteiger partial charge in [-0.1, -0.05) is 0 Å². The molecule has 94 valence electrons. The number of benzene rings is 2. The van der Waals surface area contributed by atoms with Gasteiger partial charge in [0.15, 0.2) is 0 Å². The minimum atomic E-state index is -0.341. The Bertz CT molecular complexity index is 488. The number of hydrogen-bond acceptors (Lipinski definition) is 1. The van der Waals surface area contributed by atoms with Crippen LogP contribution in [0.4, 0.5) is 0 Å². The van der Waals surface area contributed by atoms with E-state index in [2.05, 4.69) is 32.0 Å². The Morgan fingerprint density at radius 1 is 1.00 bits per heavy atom. The molecule has 2 aromatic rings. The molecule has 18 heavy (non-hydrogen) atoms. The van der Waals surface area contributed by atoms with E-state index in [0.717, 1.165) is 10.9 Å². The van der Waals surface area contributed by atoms with E-state index in [9.17, 15) is 5.11 Å². The van der Waals surface area contributed by atoms with Crippen molar-refractivity contribution in [3.63, 3.8) is 0 Å². The molecule has 2 rings (SSSR count). The summed E-state index contributed by atoms with van der Waals surface area (Å²) in [5.41, 5.74) is 3.63. The molecule has 0 fully saturated rings. The van der Waals surface area contributed by atoms with Gasteiger partial charge in [0.2, 0.25) is 0 Å². The summed E-state index contributed by atoms with van der Waals surface area (Å²) in [7, 11) is 0. The predicted molar refractivity (Wildman–Crippen MR) is 77.5 cm³/mol. The van der Waals surface area contributed by atoms with Gasteiger partial charge in [0.25, 0.3) is 0 Å². The summed E-state index contributed by atoms with van der Waals surface area (Å²) in [6.07, 6.45) is -0.341. The van der Waals surface area contributed by atoms with Crippen LogP contribution in [0.1, 0.15) is 22.8 Å². The van der Waals surface area contributed by atoms with Gasteiger partial charge in [-0.25, -0.2) is 0 Å². The Morgan fingerprint density at radius 2 is 1.61 bits per heavy atom. The molecule has 0 saturated carbocycles. The molecule has 0 heterocycles. The first-order chi connectivity index (χ1) is 8.65. The first-order valence-corrected chi connectivity index (χ1v) is 8.16. The quantitative estimate of drug-likeness (QED) is 0.861. The molecule has 1 unspecified atom stereocenters. The summed E-state index contributed by atoms with van der Waals surface area (Å²) in [6.45, 7) is 4.25. The van der Waals surface area contributed by atoms with Crippen molar-refractivity contribution in [3.8, 4) is 0 Å². The van der Waals surface area contributed by atoms with E-state index in [4.69, 9.17) is 0 Å². The van der Waals surface area contributed by atoms with Crippen LogP contribution >= 0.6 is 0 Å². The van der Waals surface area contributed by atoms with Gasteiger partial charge < -0.3 is 0 Å². The second kappa shape index (κ2) is 6.19. The summed E-state index contributed by atoms with van der Waals surface area (Å²) in [5, 5.41) is 11.0. The van der Waals surface area contributed by atoms with Gasteiger partial charge in [0.1, 0.15) is 0 Å². The monoisotopic (exact) mass is 306 g/mol. The minimum absolute atomic E-state index is 0.325. The summed E-state index contributed by atoms with van der Waals surface area (Å²) >= 11 is 0.325. The van der Waals surface area contributed by atoms with Crippen LogP contribution in [0.15, 0.2) is 48.5 Å². The molecule has 0 spiro atoms. The molecule has 0 bridgehead atoms. The fraction of sp³-hybridized carbons (Fsp3) is 0.250. The predicted octanol–water partition coefficient (Wildman–Crippen LogP) is 2.78. The Balaban J connectivity index is 1.99. The van der Waals surface area contributed by atoms with Crippen molar-refractivity contribution in [2.24, 2.45) is 0 Å². The Hall–Kier alpha value is -1.08. The van der Waals surface area contributed by atoms with E-state index < -0.39 is 0 Å². The Kier molecular flexibility index (Phi) is 4.59. The molecule has 0 aromatic heterocycles. The van der Waals surface area contributed by atoms with Crippen LogP contribution in [0, 0.1) is 13.8 Å². The number of hydrogen-bond donors (Lipinski definition) is 1. The first kappa shape index (κ1) is 13.4. The van der Waals surface area contributed by atoms with Gasteiger partial charge in [-0.15, -0.1) is 0 Å². The van der Waals surface area contributed by atoms with Crippen LogP contribution in [-0.4, -0.2) is 20.1 Å². The molecule has 2 heteroatoms. The number of aryl methyl sites for hydroxylation is 2. The van der Waals surface area contributed by atoms with Gasteiger partial charge >= 0.3 is 115 Å². The Morgan fingerprint density at radius 3 is 2.22 bits per heavy atom. The second-order valence-corrected chi connectivity index (χ2v) is 6.85. The van der Waals surface area contributed by atoms with Crippen LogP contribution in [-0.2, 0) is 0 Å². The van der Waals surface area contributed by atoms with E-state index in [1.54, 1.807) is 0 Å². The maximum absolute atomic E-state index is 10.1. The van der Waals surface area contributed by atoms with Crippen molar-refractivity contribution < 1.29 is 5.11 Å². The zero-order chi connectivity index (χ0) is 13.0. The first-order valence-electron chi connectivity index (χ1n) is 6.09. The standard InChI is InChI=1S/C16H18OSe/c1-12-8-13(2)10-15(9-12)18-11-16(17)14-6-4-3-5-7-14/h3-10,16-17H,11H2,1-2H3. The molecule has 1 N–H and O–H groups in total.